The molecule has 7 rings (SSSR count). The first-order valence-electron chi connectivity index (χ1n) is 12.0. The van der Waals surface area contributed by atoms with Crippen molar-refractivity contribution in [2.45, 2.75) is 36.9 Å². The molecule has 188 valence electrons. The number of piperidine rings is 2. The topological polar surface area (TPSA) is 80.0 Å². The van der Waals surface area contributed by atoms with Crippen molar-refractivity contribution in [2.24, 2.45) is 0 Å². The number of halogens is 3. The second kappa shape index (κ2) is 8.55. The molecule has 0 amide bonds. The molecular formula is C28H23F3N4O2. The maximum Gasteiger partial charge on any atom is 0.416 e. The molecule has 3 aromatic carbocycles. The Morgan fingerprint density at radius 3 is 2.30 bits per heavy atom. The highest BCUT2D eigenvalue weighted by molar-refractivity contribution is 5.90. The summed E-state index contributed by atoms with van der Waals surface area (Å²) in [6.45, 7) is 1.03. The molecular weight excluding hydrogens is 481 g/mol. The predicted octanol–water partition coefficient (Wildman–Crippen LogP) is 5.71. The van der Waals surface area contributed by atoms with E-state index in [1.807, 2.05) is 18.2 Å². The van der Waals surface area contributed by atoms with Crippen LogP contribution in [0.15, 0.2) is 72.9 Å². The van der Waals surface area contributed by atoms with E-state index in [-0.39, 0.29) is 11.0 Å². The van der Waals surface area contributed by atoms with Gasteiger partial charge < -0.3 is 10.4 Å². The average molecular weight is 505 g/mol. The van der Waals surface area contributed by atoms with Gasteiger partial charge in [0.1, 0.15) is 5.69 Å². The van der Waals surface area contributed by atoms with Crippen LogP contribution >= 0.6 is 0 Å². The van der Waals surface area contributed by atoms with E-state index in [1.165, 1.54) is 28.4 Å². The van der Waals surface area contributed by atoms with E-state index in [2.05, 4.69) is 27.8 Å². The van der Waals surface area contributed by atoms with Crippen LogP contribution in [0.2, 0.25) is 0 Å². The van der Waals surface area contributed by atoms with Crippen LogP contribution in [-0.4, -0.2) is 38.7 Å². The van der Waals surface area contributed by atoms with Crippen molar-refractivity contribution in [3.05, 3.63) is 89.6 Å². The number of alkyl halides is 3. The van der Waals surface area contributed by atoms with Crippen LogP contribution in [0.1, 0.15) is 40.7 Å². The monoisotopic (exact) mass is 504 g/mol. The Labute approximate surface area is 210 Å². The van der Waals surface area contributed by atoms with Crippen molar-refractivity contribution in [1.82, 2.24) is 20.3 Å². The summed E-state index contributed by atoms with van der Waals surface area (Å²) in [5.41, 5.74) is 3.87. The van der Waals surface area contributed by atoms with E-state index in [9.17, 15) is 23.1 Å². The highest BCUT2D eigenvalue weighted by atomic mass is 19.4. The van der Waals surface area contributed by atoms with Gasteiger partial charge in [0.25, 0.3) is 0 Å². The Morgan fingerprint density at radius 1 is 0.973 bits per heavy atom. The van der Waals surface area contributed by atoms with E-state index in [0.717, 1.165) is 49.1 Å². The zero-order chi connectivity index (χ0) is 25.8. The van der Waals surface area contributed by atoms with Crippen LogP contribution in [-0.2, 0) is 11.6 Å². The Morgan fingerprint density at radius 2 is 1.68 bits per heavy atom. The van der Waals surface area contributed by atoms with Gasteiger partial charge in [0.15, 0.2) is 0 Å². The van der Waals surface area contributed by atoms with Crippen molar-refractivity contribution in [3.63, 3.8) is 0 Å². The number of hydrogen-bond donors (Lipinski definition) is 2. The summed E-state index contributed by atoms with van der Waals surface area (Å²) in [5, 5.41) is 21.4. The minimum atomic E-state index is -4.42. The highest BCUT2D eigenvalue weighted by Crippen LogP contribution is 2.49. The first-order valence-corrected chi connectivity index (χ1v) is 12.0. The van der Waals surface area contributed by atoms with Gasteiger partial charge in [-0.3, -0.25) is 0 Å². The fourth-order valence-electron chi connectivity index (χ4n) is 5.53. The van der Waals surface area contributed by atoms with E-state index >= 15 is 0 Å². The van der Waals surface area contributed by atoms with Gasteiger partial charge in [-0.1, -0.05) is 41.6 Å². The lowest BCUT2D eigenvalue weighted by atomic mass is 9.57. The molecule has 3 fully saturated rings. The van der Waals surface area contributed by atoms with Gasteiger partial charge in [-0.2, -0.15) is 13.2 Å². The number of nitrogens with one attached hydrogen (secondary N) is 1. The Kier molecular flexibility index (Phi) is 5.41. The van der Waals surface area contributed by atoms with Gasteiger partial charge in [0, 0.05) is 11.6 Å². The Hall–Kier alpha value is -3.98. The number of aromatic carboxylic acids is 1. The fourth-order valence-corrected chi connectivity index (χ4v) is 5.53. The lowest BCUT2D eigenvalue weighted by molar-refractivity contribution is -0.137. The van der Waals surface area contributed by atoms with Crippen LogP contribution in [0.5, 0.6) is 0 Å². The second-order valence-corrected chi connectivity index (χ2v) is 9.86. The summed E-state index contributed by atoms with van der Waals surface area (Å²) in [6.07, 6.45) is 0.571. The van der Waals surface area contributed by atoms with Gasteiger partial charge in [-0.05, 0) is 78.2 Å². The summed E-state index contributed by atoms with van der Waals surface area (Å²) in [4.78, 5) is 11.9. The number of benzene rings is 3. The minimum absolute atomic E-state index is 0.0990. The number of rotatable bonds is 5. The number of hydrogen-bond acceptors (Lipinski definition) is 4. The van der Waals surface area contributed by atoms with Crippen molar-refractivity contribution < 1.29 is 23.1 Å². The average Bonchev–Trinajstić information content (AvgIpc) is 3.38. The van der Waals surface area contributed by atoms with Gasteiger partial charge in [0.2, 0.25) is 0 Å². The molecule has 1 aliphatic carbocycles. The van der Waals surface area contributed by atoms with Crippen molar-refractivity contribution in [3.8, 4) is 28.1 Å². The van der Waals surface area contributed by atoms with Crippen LogP contribution in [0.3, 0.4) is 0 Å². The van der Waals surface area contributed by atoms with Crippen LogP contribution in [0, 0.1) is 0 Å². The van der Waals surface area contributed by atoms with Gasteiger partial charge >= 0.3 is 12.1 Å². The maximum absolute atomic E-state index is 12.9. The zero-order valence-corrected chi connectivity index (χ0v) is 19.7. The highest BCUT2D eigenvalue weighted by Gasteiger charge is 2.47. The Balaban J connectivity index is 1.31. The van der Waals surface area contributed by atoms with Crippen LogP contribution in [0.4, 0.5) is 13.2 Å². The molecule has 0 radical (unpaired) electrons. The third-order valence-corrected chi connectivity index (χ3v) is 7.57. The molecule has 2 aliphatic heterocycles. The van der Waals surface area contributed by atoms with Crippen molar-refractivity contribution in [2.75, 3.05) is 6.54 Å². The zero-order valence-electron chi connectivity index (χ0n) is 19.7. The van der Waals surface area contributed by atoms with Crippen LogP contribution in [0.25, 0.3) is 28.1 Å². The Bertz CT molecular complexity index is 1470. The summed E-state index contributed by atoms with van der Waals surface area (Å²) in [7, 11) is 0. The SMILES string of the molecule is O=C(O)c1cc(-c2ccc(C34CCNC(C3)C4)cc2)cc(-n2cc(-c3ccc(C(F)(F)F)cc3)nn2)c1. The number of fused-ring (bicyclic) bond motifs is 2. The molecule has 6 nitrogen and oxygen atoms in total. The largest absolute Gasteiger partial charge is 0.478 e. The van der Waals surface area contributed by atoms with Crippen molar-refractivity contribution >= 4 is 5.97 Å². The van der Waals surface area contributed by atoms with E-state index < -0.39 is 17.7 Å². The molecule has 9 heteroatoms. The third-order valence-electron chi connectivity index (χ3n) is 7.57. The van der Waals surface area contributed by atoms with Gasteiger partial charge in [-0.15, -0.1) is 5.10 Å². The molecule has 2 N–H and O–H groups in total. The van der Waals surface area contributed by atoms with Gasteiger partial charge in [0.05, 0.1) is 23.0 Å². The number of aromatic nitrogens is 3. The lowest BCUT2D eigenvalue weighted by Gasteiger charge is -2.53. The number of carboxylic acids is 1. The second-order valence-electron chi connectivity index (χ2n) is 9.86. The first-order chi connectivity index (χ1) is 17.7. The summed E-state index contributed by atoms with van der Waals surface area (Å²) in [5.74, 6) is -1.07. The predicted molar refractivity (Wildman–Crippen MR) is 132 cm³/mol. The molecule has 3 heterocycles. The standard InChI is InChI=1S/C28H23F3N4O2/c29-28(30,31)22-7-3-18(4-8-22)25-16-35(34-33-25)24-12-19(11-20(13-24)26(36)37)17-1-5-21(6-2-17)27-9-10-32-23(14-27)15-27/h1-8,11-13,16,23,32H,9-10,14-15H2,(H,36,37). The molecule has 0 atom stereocenters. The normalized spacial score (nSPS) is 20.9. The summed E-state index contributed by atoms with van der Waals surface area (Å²) >= 11 is 0. The fraction of sp³-hybridized carbons (Fsp3) is 0.250. The summed E-state index contributed by atoms with van der Waals surface area (Å²) < 4.78 is 40.1. The summed E-state index contributed by atoms with van der Waals surface area (Å²) in [6, 6.07) is 18.6. The third kappa shape index (κ3) is 4.29. The molecule has 4 aromatic rings. The molecule has 2 bridgehead atoms. The minimum Gasteiger partial charge on any atom is -0.478 e. The van der Waals surface area contributed by atoms with Crippen molar-refractivity contribution in [1.29, 1.82) is 0 Å². The quantitative estimate of drug-likeness (QED) is 0.364. The van der Waals surface area contributed by atoms with Crippen LogP contribution < -0.4 is 5.32 Å². The first kappa shape index (κ1) is 23.4. The molecule has 0 unspecified atom stereocenters. The molecule has 1 aromatic heterocycles. The van der Waals surface area contributed by atoms with E-state index in [4.69, 9.17) is 0 Å². The molecule has 37 heavy (non-hydrogen) atoms. The molecule has 1 saturated carbocycles. The molecule has 2 saturated heterocycles. The molecule has 3 aliphatic rings. The van der Waals surface area contributed by atoms with Gasteiger partial charge in [-0.25, -0.2) is 9.48 Å². The lowest BCUT2D eigenvalue weighted by Crippen LogP contribution is -2.58. The molecule has 0 spiro atoms. The van der Waals surface area contributed by atoms with E-state index in [1.54, 1.807) is 12.3 Å². The number of nitrogens with zero attached hydrogens (tertiary/aromatic N) is 3. The maximum atomic E-state index is 12.9. The van der Waals surface area contributed by atoms with E-state index in [0.29, 0.717) is 23.0 Å². The smallest absolute Gasteiger partial charge is 0.416 e. The number of carbonyl (C=O) groups is 1. The number of carboxylic acid groups (broad SMARTS) is 1.